The standard InChI is InChI=1S/C22H23N5O2/c1-16(28)25-19-4-6-20(7-5-19)26-21-8-3-18(15-24-21)22(29)27(2)14-11-17-9-12-23-13-10-17/h3-10,12-13,15H,11,14H2,1-2H3,(H,24,26)(H,25,28). The quantitative estimate of drug-likeness (QED) is 0.646. The Morgan fingerprint density at radius 2 is 1.66 bits per heavy atom. The monoisotopic (exact) mass is 389 g/mol. The number of rotatable bonds is 7. The van der Waals surface area contributed by atoms with E-state index in [9.17, 15) is 9.59 Å². The molecule has 29 heavy (non-hydrogen) atoms. The SMILES string of the molecule is CC(=O)Nc1ccc(Nc2ccc(C(=O)N(C)CCc3ccncc3)cn2)cc1. The summed E-state index contributed by atoms with van der Waals surface area (Å²) in [5.41, 5.74) is 3.24. The maximum atomic E-state index is 12.6. The maximum Gasteiger partial charge on any atom is 0.255 e. The van der Waals surface area contributed by atoms with Crippen molar-refractivity contribution < 1.29 is 9.59 Å². The van der Waals surface area contributed by atoms with Crippen molar-refractivity contribution in [3.05, 3.63) is 78.2 Å². The van der Waals surface area contributed by atoms with Gasteiger partial charge >= 0.3 is 0 Å². The molecular weight excluding hydrogens is 366 g/mol. The molecule has 0 radical (unpaired) electrons. The number of carbonyl (C=O) groups is 2. The van der Waals surface area contributed by atoms with Gasteiger partial charge in [0.05, 0.1) is 5.56 Å². The molecule has 2 N–H and O–H groups in total. The summed E-state index contributed by atoms with van der Waals surface area (Å²) in [6.45, 7) is 2.08. The van der Waals surface area contributed by atoms with Gasteiger partial charge < -0.3 is 15.5 Å². The molecule has 2 heterocycles. The number of nitrogens with zero attached hydrogens (tertiary/aromatic N) is 3. The van der Waals surface area contributed by atoms with Crippen LogP contribution in [-0.4, -0.2) is 40.3 Å². The minimum absolute atomic E-state index is 0.0715. The van der Waals surface area contributed by atoms with Crippen LogP contribution in [0.2, 0.25) is 0 Å². The van der Waals surface area contributed by atoms with Crippen LogP contribution in [0.15, 0.2) is 67.1 Å². The van der Waals surface area contributed by atoms with E-state index in [4.69, 9.17) is 0 Å². The van der Waals surface area contributed by atoms with Crippen molar-refractivity contribution in [3.8, 4) is 0 Å². The van der Waals surface area contributed by atoms with Crippen molar-refractivity contribution >= 4 is 29.0 Å². The normalized spacial score (nSPS) is 10.3. The largest absolute Gasteiger partial charge is 0.341 e. The van der Waals surface area contributed by atoms with Crippen molar-refractivity contribution in [2.24, 2.45) is 0 Å². The molecule has 0 fully saturated rings. The fourth-order valence-electron chi connectivity index (χ4n) is 2.75. The van der Waals surface area contributed by atoms with Gasteiger partial charge in [-0.1, -0.05) is 0 Å². The van der Waals surface area contributed by atoms with Gasteiger partial charge in [-0.05, 0) is 60.5 Å². The summed E-state index contributed by atoms with van der Waals surface area (Å²) in [4.78, 5) is 33.7. The maximum absolute atomic E-state index is 12.6. The van der Waals surface area contributed by atoms with Crippen LogP contribution in [0.4, 0.5) is 17.2 Å². The summed E-state index contributed by atoms with van der Waals surface area (Å²) >= 11 is 0. The molecule has 1 aromatic carbocycles. The second-order valence-electron chi connectivity index (χ2n) is 6.65. The van der Waals surface area contributed by atoms with E-state index in [-0.39, 0.29) is 11.8 Å². The van der Waals surface area contributed by atoms with Crippen LogP contribution in [0.3, 0.4) is 0 Å². The van der Waals surface area contributed by atoms with Gasteiger partial charge in [-0.25, -0.2) is 4.98 Å². The first kappa shape index (κ1) is 20.0. The number of benzene rings is 1. The molecule has 3 aromatic rings. The molecule has 3 rings (SSSR count). The van der Waals surface area contributed by atoms with Gasteiger partial charge in [0.15, 0.2) is 0 Å². The summed E-state index contributed by atoms with van der Waals surface area (Å²) in [6.07, 6.45) is 5.84. The van der Waals surface area contributed by atoms with E-state index < -0.39 is 0 Å². The smallest absolute Gasteiger partial charge is 0.255 e. The topological polar surface area (TPSA) is 87.2 Å². The number of carbonyl (C=O) groups excluding carboxylic acids is 2. The number of hydrogen-bond donors (Lipinski definition) is 2. The predicted octanol–water partition coefficient (Wildman–Crippen LogP) is 3.49. The Morgan fingerprint density at radius 1 is 0.966 bits per heavy atom. The zero-order valence-electron chi connectivity index (χ0n) is 16.4. The lowest BCUT2D eigenvalue weighted by atomic mass is 10.2. The average molecular weight is 389 g/mol. The fraction of sp³-hybridized carbons (Fsp3) is 0.182. The van der Waals surface area contributed by atoms with Crippen LogP contribution < -0.4 is 10.6 Å². The molecule has 0 aliphatic carbocycles. The van der Waals surface area contributed by atoms with E-state index >= 15 is 0 Å². The van der Waals surface area contributed by atoms with Crippen LogP contribution in [0.5, 0.6) is 0 Å². The Hall–Kier alpha value is -3.74. The fourth-order valence-corrected chi connectivity index (χ4v) is 2.75. The minimum atomic E-state index is -0.113. The van der Waals surface area contributed by atoms with E-state index in [0.29, 0.717) is 17.9 Å². The number of nitrogens with one attached hydrogen (secondary N) is 2. The van der Waals surface area contributed by atoms with E-state index in [1.165, 1.54) is 6.92 Å². The summed E-state index contributed by atoms with van der Waals surface area (Å²) < 4.78 is 0. The lowest BCUT2D eigenvalue weighted by Gasteiger charge is -2.17. The molecule has 0 saturated carbocycles. The van der Waals surface area contributed by atoms with Gasteiger partial charge in [0.25, 0.3) is 5.91 Å². The third-order valence-electron chi connectivity index (χ3n) is 4.32. The first-order valence-electron chi connectivity index (χ1n) is 9.26. The summed E-state index contributed by atoms with van der Waals surface area (Å²) in [5, 5.41) is 5.89. The van der Waals surface area contributed by atoms with Crippen molar-refractivity contribution in [2.45, 2.75) is 13.3 Å². The average Bonchev–Trinajstić information content (AvgIpc) is 2.74. The van der Waals surface area contributed by atoms with Gasteiger partial charge in [-0.2, -0.15) is 0 Å². The lowest BCUT2D eigenvalue weighted by Crippen LogP contribution is -2.28. The Bertz CT molecular complexity index is 957. The van der Waals surface area contributed by atoms with Gasteiger partial charge in [0.1, 0.15) is 5.82 Å². The molecule has 0 aliphatic heterocycles. The highest BCUT2D eigenvalue weighted by molar-refractivity contribution is 5.94. The Morgan fingerprint density at radius 3 is 2.28 bits per heavy atom. The second-order valence-corrected chi connectivity index (χ2v) is 6.65. The minimum Gasteiger partial charge on any atom is -0.341 e. The molecule has 0 bridgehead atoms. The van der Waals surface area contributed by atoms with E-state index in [0.717, 1.165) is 23.4 Å². The molecule has 0 aliphatic rings. The van der Waals surface area contributed by atoms with Gasteiger partial charge in [0.2, 0.25) is 5.91 Å². The number of likely N-dealkylation sites (N-methyl/N-ethyl adjacent to an activating group) is 1. The van der Waals surface area contributed by atoms with Crippen molar-refractivity contribution in [1.29, 1.82) is 0 Å². The number of hydrogen-bond acceptors (Lipinski definition) is 5. The zero-order valence-corrected chi connectivity index (χ0v) is 16.4. The van der Waals surface area contributed by atoms with Crippen molar-refractivity contribution in [1.82, 2.24) is 14.9 Å². The summed E-state index contributed by atoms with van der Waals surface area (Å²) in [5.74, 6) is 0.449. The molecule has 0 unspecified atom stereocenters. The highest BCUT2D eigenvalue weighted by atomic mass is 16.2. The molecule has 0 saturated heterocycles. The second kappa shape index (κ2) is 9.45. The van der Waals surface area contributed by atoms with Crippen LogP contribution in [-0.2, 0) is 11.2 Å². The van der Waals surface area contributed by atoms with Crippen LogP contribution >= 0.6 is 0 Å². The molecule has 0 atom stereocenters. The third-order valence-corrected chi connectivity index (χ3v) is 4.32. The van der Waals surface area contributed by atoms with Crippen molar-refractivity contribution in [2.75, 3.05) is 24.2 Å². The van der Waals surface area contributed by atoms with Crippen LogP contribution in [0.25, 0.3) is 0 Å². The molecule has 148 valence electrons. The predicted molar refractivity (Wildman–Crippen MR) is 113 cm³/mol. The van der Waals surface area contributed by atoms with Gasteiger partial charge in [-0.3, -0.25) is 14.6 Å². The summed E-state index contributed by atoms with van der Waals surface area (Å²) in [6, 6.07) is 14.7. The zero-order chi connectivity index (χ0) is 20.6. The van der Waals surface area contributed by atoms with Gasteiger partial charge in [-0.15, -0.1) is 0 Å². The number of pyridine rings is 2. The number of amides is 2. The number of anilines is 3. The first-order valence-corrected chi connectivity index (χ1v) is 9.26. The van der Waals surface area contributed by atoms with Crippen LogP contribution in [0.1, 0.15) is 22.8 Å². The third kappa shape index (κ3) is 5.87. The highest BCUT2D eigenvalue weighted by Crippen LogP contribution is 2.18. The molecule has 7 heteroatoms. The Kier molecular flexibility index (Phi) is 6.52. The lowest BCUT2D eigenvalue weighted by molar-refractivity contribution is -0.114. The van der Waals surface area contributed by atoms with E-state index in [2.05, 4.69) is 20.6 Å². The highest BCUT2D eigenvalue weighted by Gasteiger charge is 2.12. The van der Waals surface area contributed by atoms with E-state index in [1.807, 2.05) is 24.3 Å². The van der Waals surface area contributed by atoms with Gasteiger partial charge in [0, 0.05) is 50.5 Å². The molecule has 2 aromatic heterocycles. The van der Waals surface area contributed by atoms with E-state index in [1.54, 1.807) is 54.8 Å². The molecule has 2 amide bonds. The Labute approximate surface area is 169 Å². The summed E-state index contributed by atoms with van der Waals surface area (Å²) in [7, 11) is 1.78. The first-order chi connectivity index (χ1) is 14.0. The Balaban J connectivity index is 1.56. The molecular formula is C22H23N5O2. The molecule has 7 nitrogen and oxygen atoms in total. The number of aromatic nitrogens is 2. The van der Waals surface area contributed by atoms with Crippen molar-refractivity contribution in [3.63, 3.8) is 0 Å². The molecule has 0 spiro atoms. The van der Waals surface area contributed by atoms with Crippen LogP contribution in [0, 0.1) is 0 Å².